The van der Waals surface area contributed by atoms with Crippen LogP contribution in [-0.2, 0) is 20.6 Å². The molecule has 0 unspecified atom stereocenters. The van der Waals surface area contributed by atoms with E-state index in [0.717, 1.165) is 18.2 Å². The fraction of sp³-hybridized carbons (Fsp3) is 0.200. The Morgan fingerprint density at radius 2 is 1.50 bits per heavy atom. The van der Waals surface area contributed by atoms with E-state index in [0.29, 0.717) is 16.2 Å². The van der Waals surface area contributed by atoms with Crippen LogP contribution in [0.1, 0.15) is 17.2 Å². The Morgan fingerprint density at radius 3 is 2.14 bits per heavy atom. The maximum Gasteiger partial charge on any atom is 0.416 e. The molecule has 0 spiro atoms. The van der Waals surface area contributed by atoms with Crippen molar-refractivity contribution in [2.45, 2.75) is 24.9 Å². The smallest absolute Gasteiger partial charge is 0.416 e. The predicted molar refractivity (Wildman–Crippen MR) is 117 cm³/mol. The lowest BCUT2D eigenvalue weighted by molar-refractivity contribution is -0.137. The Bertz CT molecular complexity index is 1280. The summed E-state index contributed by atoms with van der Waals surface area (Å²) in [5, 5.41) is 1.39. The third-order valence-electron chi connectivity index (χ3n) is 6.00. The van der Waals surface area contributed by atoms with Crippen LogP contribution in [-0.4, -0.2) is 24.5 Å². The number of para-hydroxylation sites is 1. The Labute approximate surface area is 201 Å². The monoisotopic (exact) mass is 504 g/mol. The molecule has 0 radical (unpaired) electrons. The average molecular weight is 504 g/mol. The molecular weight excluding hydrogens is 487 g/mol. The number of hydrogen-bond donors (Lipinski definition) is 0. The number of carbonyl (C=O) groups excluding carboxylic acids is 2. The van der Waals surface area contributed by atoms with Crippen molar-refractivity contribution in [1.82, 2.24) is 0 Å². The number of carbonyl (C=O) groups is 2. The minimum atomic E-state index is -4.66. The topological polar surface area (TPSA) is 59.1 Å². The minimum Gasteiger partial charge on any atom is -0.435 e. The van der Waals surface area contributed by atoms with Crippen molar-refractivity contribution in [3.05, 3.63) is 90.0 Å². The van der Waals surface area contributed by atoms with Crippen LogP contribution in [0.5, 0.6) is 5.75 Å². The molecule has 0 aromatic heterocycles. The standard InChI is InChI=1S/C25H17F5N2O4/c26-24(27)35-18-11-9-14(10-12-18)20-19-21(36-32(20)16-6-2-1-3-7-16)23(34)31(22(19)33)17-8-4-5-15(13-17)25(28,29)30/h1-13,19-21,24H/t19-,20+,21+/m0/s1. The Balaban J connectivity index is 1.54. The highest BCUT2D eigenvalue weighted by molar-refractivity contribution is 6.24. The van der Waals surface area contributed by atoms with Crippen LogP contribution in [0.2, 0.25) is 0 Å². The van der Waals surface area contributed by atoms with E-state index >= 15 is 0 Å². The quantitative estimate of drug-likeness (QED) is 0.346. The third kappa shape index (κ3) is 4.15. The molecule has 2 amide bonds. The largest absolute Gasteiger partial charge is 0.435 e. The highest BCUT2D eigenvalue weighted by Gasteiger charge is 2.60. The number of amides is 2. The van der Waals surface area contributed by atoms with Gasteiger partial charge in [-0.25, -0.2) is 9.96 Å². The van der Waals surface area contributed by atoms with Crippen LogP contribution < -0.4 is 14.7 Å². The molecule has 11 heteroatoms. The zero-order valence-electron chi connectivity index (χ0n) is 18.2. The van der Waals surface area contributed by atoms with Gasteiger partial charge in [-0.1, -0.05) is 36.4 Å². The molecule has 3 atom stereocenters. The second kappa shape index (κ2) is 8.90. The fourth-order valence-corrected chi connectivity index (χ4v) is 4.47. The first kappa shape index (κ1) is 23.7. The molecule has 0 bridgehead atoms. The van der Waals surface area contributed by atoms with Gasteiger partial charge in [-0.2, -0.15) is 22.0 Å². The van der Waals surface area contributed by atoms with Crippen LogP contribution in [0.15, 0.2) is 78.9 Å². The van der Waals surface area contributed by atoms with E-state index in [1.807, 2.05) is 0 Å². The van der Waals surface area contributed by atoms with E-state index in [1.165, 1.54) is 35.4 Å². The number of imide groups is 1. The maximum atomic E-state index is 13.5. The molecule has 3 aromatic carbocycles. The molecule has 3 aromatic rings. The summed E-state index contributed by atoms with van der Waals surface area (Å²) in [4.78, 5) is 33.4. The second-order valence-electron chi connectivity index (χ2n) is 8.17. The Hall–Kier alpha value is -3.99. The third-order valence-corrected chi connectivity index (χ3v) is 6.00. The molecule has 6 nitrogen and oxygen atoms in total. The van der Waals surface area contributed by atoms with Crippen LogP contribution in [0.25, 0.3) is 0 Å². The van der Waals surface area contributed by atoms with E-state index in [2.05, 4.69) is 4.74 Å². The van der Waals surface area contributed by atoms with Gasteiger partial charge in [0.2, 0.25) is 5.91 Å². The van der Waals surface area contributed by atoms with Crippen molar-refractivity contribution in [2.24, 2.45) is 5.92 Å². The summed E-state index contributed by atoms with van der Waals surface area (Å²) >= 11 is 0. The lowest BCUT2D eigenvalue weighted by Crippen LogP contribution is -2.37. The number of anilines is 2. The number of alkyl halides is 5. The number of hydrogen-bond acceptors (Lipinski definition) is 5. The fourth-order valence-electron chi connectivity index (χ4n) is 4.47. The van der Waals surface area contributed by atoms with E-state index < -0.39 is 48.2 Å². The molecule has 2 fully saturated rings. The van der Waals surface area contributed by atoms with Crippen LogP contribution >= 0.6 is 0 Å². The molecule has 0 saturated carbocycles. The highest BCUT2D eigenvalue weighted by atomic mass is 19.4. The maximum absolute atomic E-state index is 13.5. The van der Waals surface area contributed by atoms with Crippen LogP contribution in [0.3, 0.4) is 0 Å². The van der Waals surface area contributed by atoms with Gasteiger partial charge in [0.15, 0.2) is 6.10 Å². The molecule has 0 aliphatic carbocycles. The van der Waals surface area contributed by atoms with Crippen molar-refractivity contribution in [3.8, 4) is 5.75 Å². The lowest BCUT2D eigenvalue weighted by Gasteiger charge is -2.29. The zero-order chi connectivity index (χ0) is 25.6. The summed E-state index contributed by atoms with van der Waals surface area (Å²) in [7, 11) is 0. The number of rotatable bonds is 5. The zero-order valence-corrected chi connectivity index (χ0v) is 18.2. The molecule has 2 aliphatic rings. The average Bonchev–Trinajstić information content (AvgIpc) is 3.35. The van der Waals surface area contributed by atoms with Gasteiger partial charge in [0.05, 0.1) is 23.0 Å². The molecule has 186 valence electrons. The van der Waals surface area contributed by atoms with Gasteiger partial charge in [0, 0.05) is 0 Å². The predicted octanol–water partition coefficient (Wildman–Crippen LogP) is 5.36. The summed E-state index contributed by atoms with van der Waals surface area (Å²) in [5.74, 6) is -2.74. The van der Waals surface area contributed by atoms with Gasteiger partial charge < -0.3 is 4.74 Å². The summed E-state index contributed by atoms with van der Waals surface area (Å²) in [5.41, 5.74) is -0.241. The number of halogens is 5. The minimum absolute atomic E-state index is 0.102. The Kier molecular flexibility index (Phi) is 5.87. The van der Waals surface area contributed by atoms with E-state index in [-0.39, 0.29) is 11.4 Å². The SMILES string of the molecule is O=C1[C@H]2[C@@H](c3ccc(OC(F)F)cc3)N(c3ccccc3)O[C@H]2C(=O)N1c1cccc(C(F)(F)F)c1. The second-order valence-corrected chi connectivity index (χ2v) is 8.17. The van der Waals surface area contributed by atoms with Gasteiger partial charge in [0.25, 0.3) is 5.91 Å². The summed E-state index contributed by atoms with van der Waals surface area (Å²) in [6.07, 6.45) is -5.96. The number of hydroxylamine groups is 1. The van der Waals surface area contributed by atoms with E-state index in [9.17, 15) is 31.5 Å². The van der Waals surface area contributed by atoms with Crippen molar-refractivity contribution < 1.29 is 41.1 Å². The summed E-state index contributed by atoms with van der Waals surface area (Å²) < 4.78 is 69.2. The number of ether oxygens (including phenoxy) is 1. The van der Waals surface area contributed by atoms with Gasteiger partial charge in [-0.05, 0) is 48.0 Å². The van der Waals surface area contributed by atoms with Crippen LogP contribution in [0.4, 0.5) is 33.3 Å². The van der Waals surface area contributed by atoms with Crippen molar-refractivity contribution >= 4 is 23.2 Å². The molecule has 5 rings (SSSR count). The summed E-state index contributed by atoms with van der Waals surface area (Å²) in [6.45, 7) is -3.02. The highest BCUT2D eigenvalue weighted by Crippen LogP contribution is 2.48. The molecular formula is C25H17F5N2O4. The normalized spacial score (nSPS) is 21.9. The first-order valence-electron chi connectivity index (χ1n) is 10.8. The molecule has 2 aliphatic heterocycles. The molecule has 36 heavy (non-hydrogen) atoms. The number of nitrogens with zero attached hydrogens (tertiary/aromatic N) is 2. The van der Waals surface area contributed by atoms with Gasteiger partial charge >= 0.3 is 12.8 Å². The number of benzene rings is 3. The molecule has 0 N–H and O–H groups in total. The van der Waals surface area contributed by atoms with Crippen LogP contribution in [0, 0.1) is 5.92 Å². The van der Waals surface area contributed by atoms with Crippen molar-refractivity contribution in [3.63, 3.8) is 0 Å². The van der Waals surface area contributed by atoms with E-state index in [1.54, 1.807) is 30.3 Å². The van der Waals surface area contributed by atoms with Gasteiger partial charge in [-0.3, -0.25) is 14.4 Å². The summed E-state index contributed by atoms with van der Waals surface area (Å²) in [6, 6.07) is 17.2. The first-order chi connectivity index (χ1) is 17.1. The molecule has 2 saturated heterocycles. The van der Waals surface area contributed by atoms with E-state index in [4.69, 9.17) is 4.84 Å². The Morgan fingerprint density at radius 1 is 0.833 bits per heavy atom. The number of fused-ring (bicyclic) bond motifs is 1. The van der Waals surface area contributed by atoms with Crippen molar-refractivity contribution in [2.75, 3.05) is 9.96 Å². The first-order valence-corrected chi connectivity index (χ1v) is 10.8. The lowest BCUT2D eigenvalue weighted by atomic mass is 9.90. The molecule has 2 heterocycles. The van der Waals surface area contributed by atoms with Gasteiger partial charge in [0.1, 0.15) is 11.7 Å². The van der Waals surface area contributed by atoms with Crippen molar-refractivity contribution in [1.29, 1.82) is 0 Å². The van der Waals surface area contributed by atoms with Gasteiger partial charge in [-0.15, -0.1) is 0 Å².